The average molecular weight is 314 g/mol. The van der Waals surface area contributed by atoms with Crippen molar-refractivity contribution < 1.29 is 13.0 Å². The molecule has 0 radical (unpaired) electrons. The zero-order chi connectivity index (χ0) is 5.21. The van der Waals surface area contributed by atoms with Crippen LogP contribution in [-0.2, 0) is 10.1 Å². The van der Waals surface area contributed by atoms with Crippen LogP contribution in [0.4, 0.5) is 0 Å². The van der Waals surface area contributed by atoms with Gasteiger partial charge in [0.05, 0.1) is 10.1 Å². The van der Waals surface area contributed by atoms with Crippen molar-refractivity contribution in [2.24, 2.45) is 0 Å². The second-order valence-electron chi connectivity index (χ2n) is 0.846. The molecule has 0 aliphatic carbocycles. The summed E-state index contributed by atoms with van der Waals surface area (Å²) < 4.78 is 28.3. The van der Waals surface area contributed by atoms with Gasteiger partial charge < -0.3 is 4.55 Å². The first-order valence-corrected chi connectivity index (χ1v) is 3.07. The van der Waals surface area contributed by atoms with E-state index in [1.165, 1.54) is 6.92 Å². The maximum Gasteiger partial charge on any atom is 1.00 e. The molecule has 0 saturated carbocycles. The van der Waals surface area contributed by atoms with Crippen molar-refractivity contribution in [1.29, 1.82) is 0 Å². The summed E-state index contributed by atoms with van der Waals surface area (Å²) in [6, 6.07) is 0. The van der Waals surface area contributed by atoms with E-state index in [-0.39, 0.29) is 33.1 Å². The molecule has 0 atom stereocenters. The van der Waals surface area contributed by atoms with E-state index in [2.05, 4.69) is 0 Å². The molecule has 7 heavy (non-hydrogen) atoms. The quantitative estimate of drug-likeness (QED) is 0.469. The molecule has 0 rings (SSSR count). The summed E-state index contributed by atoms with van der Waals surface area (Å²) in [6.45, 7) is 1.31. The maximum atomic E-state index is 9.44. The number of hydrogen-bond donors (Lipinski definition) is 0. The minimum atomic E-state index is -3.91. The molecule has 0 bridgehead atoms. The molecule has 5 heteroatoms. The Kier molecular flexibility index (Phi) is 5.82. The standard InChI is InChI=1S/C2H6O3S.Tl/c1-2-6(3,4)5;/h2H2,1H3,(H,3,4,5);/q;+1/p-1. The van der Waals surface area contributed by atoms with Gasteiger partial charge in [-0.2, -0.15) is 0 Å². The summed E-state index contributed by atoms with van der Waals surface area (Å²) >= 11 is 0. The van der Waals surface area contributed by atoms with Gasteiger partial charge in [-0.1, -0.05) is 6.92 Å². The predicted molar refractivity (Wildman–Crippen MR) is 26.0 cm³/mol. The van der Waals surface area contributed by atoms with Crippen molar-refractivity contribution in [3.05, 3.63) is 0 Å². The van der Waals surface area contributed by atoms with E-state index in [0.717, 1.165) is 0 Å². The van der Waals surface area contributed by atoms with E-state index in [9.17, 15) is 13.0 Å². The topological polar surface area (TPSA) is 57.2 Å². The second kappa shape index (κ2) is 3.79. The maximum absolute atomic E-state index is 9.44. The Hall–Kier alpha value is 0.832. The van der Waals surface area contributed by atoms with Gasteiger partial charge >= 0.3 is 27.3 Å². The minimum Gasteiger partial charge on any atom is -0.748 e. The summed E-state index contributed by atoms with van der Waals surface area (Å²) in [4.78, 5) is 0. The first kappa shape index (κ1) is 10.7. The van der Waals surface area contributed by atoms with Gasteiger partial charge in [0.2, 0.25) is 0 Å². The van der Waals surface area contributed by atoms with E-state index < -0.39 is 10.1 Å². The van der Waals surface area contributed by atoms with Gasteiger partial charge in [-0.25, -0.2) is 8.42 Å². The third-order valence-electron chi connectivity index (χ3n) is 0.354. The van der Waals surface area contributed by atoms with Crippen LogP contribution in [0.2, 0.25) is 0 Å². The zero-order valence-electron chi connectivity index (χ0n) is 3.92. The first-order chi connectivity index (χ1) is 2.56. The van der Waals surface area contributed by atoms with Gasteiger partial charge in [-0.3, -0.25) is 0 Å². The van der Waals surface area contributed by atoms with Crippen LogP contribution in [0.5, 0.6) is 0 Å². The van der Waals surface area contributed by atoms with Crippen LogP contribution in [0.25, 0.3) is 0 Å². The summed E-state index contributed by atoms with van der Waals surface area (Å²) in [5, 5.41) is 0. The third kappa shape index (κ3) is 10.9. The fourth-order valence-corrected chi connectivity index (χ4v) is 0. The largest absolute Gasteiger partial charge is 1.00 e. The van der Waals surface area contributed by atoms with E-state index in [0.29, 0.717) is 0 Å². The summed E-state index contributed by atoms with van der Waals surface area (Å²) in [7, 11) is -3.91. The molecule has 40 valence electrons. The molecule has 0 unspecified atom stereocenters. The van der Waals surface area contributed by atoms with Crippen LogP contribution in [0.3, 0.4) is 0 Å². The van der Waals surface area contributed by atoms with Crippen LogP contribution in [0, 0.1) is 0 Å². The summed E-state index contributed by atoms with van der Waals surface area (Å²) in [5.41, 5.74) is 0. The molecule has 0 N–H and O–H groups in total. The average Bonchev–Trinajstić information content (AvgIpc) is 1.35. The molecular formula is C2H5O3STl. The molecule has 0 aromatic rings. The molecule has 0 aromatic heterocycles. The predicted octanol–water partition coefficient (Wildman–Crippen LogP) is -0.829. The third-order valence-corrected chi connectivity index (χ3v) is 1.06. The molecule has 0 saturated heterocycles. The van der Waals surface area contributed by atoms with Gasteiger partial charge in [0, 0.05) is 5.75 Å². The minimum absolute atomic E-state index is 0. The van der Waals surface area contributed by atoms with Gasteiger partial charge in [0.25, 0.3) is 0 Å². The van der Waals surface area contributed by atoms with Crippen molar-refractivity contribution in [1.82, 2.24) is 0 Å². The van der Waals surface area contributed by atoms with E-state index in [1.54, 1.807) is 0 Å². The number of rotatable bonds is 1. The van der Waals surface area contributed by atoms with Crippen LogP contribution in [0.1, 0.15) is 6.92 Å². The Morgan fingerprint density at radius 2 is 1.71 bits per heavy atom. The van der Waals surface area contributed by atoms with E-state index in [1.807, 2.05) is 0 Å². The Balaban J connectivity index is 0. The monoisotopic (exact) mass is 314 g/mol. The molecule has 3 nitrogen and oxygen atoms in total. The van der Waals surface area contributed by atoms with Crippen LogP contribution < -0.4 is 0 Å². The second-order valence-corrected chi connectivity index (χ2v) is 2.54. The smallest absolute Gasteiger partial charge is 0.748 e. The Morgan fingerprint density at radius 3 is 1.71 bits per heavy atom. The molecule has 0 aromatic carbocycles. The molecule has 0 spiro atoms. The van der Waals surface area contributed by atoms with Gasteiger partial charge in [0.15, 0.2) is 0 Å². The fourth-order valence-electron chi connectivity index (χ4n) is 0. The van der Waals surface area contributed by atoms with E-state index >= 15 is 0 Å². The van der Waals surface area contributed by atoms with Crippen molar-refractivity contribution in [3.63, 3.8) is 0 Å². The molecule has 0 amide bonds. The van der Waals surface area contributed by atoms with Crippen molar-refractivity contribution in [2.75, 3.05) is 5.75 Å². The molecule has 0 aliphatic heterocycles. The normalized spacial score (nSPS) is 10.0. The van der Waals surface area contributed by atoms with Crippen molar-refractivity contribution in [2.45, 2.75) is 6.92 Å². The van der Waals surface area contributed by atoms with Gasteiger partial charge in [-0.15, -0.1) is 0 Å². The SMILES string of the molecule is CCS(=O)(=O)[O-].[Tl+]. The molecular weight excluding hydrogens is 308 g/mol. The molecule has 0 fully saturated rings. The Labute approximate surface area is 63.0 Å². The molecule has 0 heterocycles. The van der Waals surface area contributed by atoms with Crippen molar-refractivity contribution in [3.8, 4) is 0 Å². The summed E-state index contributed by atoms with van der Waals surface area (Å²) in [6.07, 6.45) is 0. The Bertz CT molecular complexity index is 115. The first-order valence-electron chi connectivity index (χ1n) is 1.50. The van der Waals surface area contributed by atoms with Crippen molar-refractivity contribution >= 4 is 37.4 Å². The number of hydrogen-bond acceptors (Lipinski definition) is 3. The zero-order valence-corrected chi connectivity index (χ0v) is 9.22. The van der Waals surface area contributed by atoms with Crippen LogP contribution in [0.15, 0.2) is 0 Å². The van der Waals surface area contributed by atoms with Crippen LogP contribution >= 0.6 is 0 Å². The van der Waals surface area contributed by atoms with E-state index in [4.69, 9.17) is 0 Å². The van der Waals surface area contributed by atoms with Gasteiger partial charge in [0.1, 0.15) is 0 Å². The Morgan fingerprint density at radius 1 is 1.57 bits per heavy atom. The van der Waals surface area contributed by atoms with Gasteiger partial charge in [-0.05, 0) is 0 Å². The van der Waals surface area contributed by atoms with Crippen LogP contribution in [-0.4, -0.2) is 46.0 Å². The molecule has 0 aliphatic rings. The fraction of sp³-hybridized carbons (Fsp3) is 1.00. The summed E-state index contributed by atoms with van der Waals surface area (Å²) in [5.74, 6) is -0.312.